The molecular formula is C6H13NO2. The van der Waals surface area contributed by atoms with Gasteiger partial charge in [-0.05, 0) is 13.3 Å². The van der Waals surface area contributed by atoms with Gasteiger partial charge >= 0.3 is 5.97 Å². The van der Waals surface area contributed by atoms with Crippen LogP contribution < -0.4 is 5.73 Å². The van der Waals surface area contributed by atoms with E-state index in [4.69, 9.17) is 10.5 Å². The summed E-state index contributed by atoms with van der Waals surface area (Å²) < 4.78 is 4.78. The minimum Gasteiger partial charge on any atom is -0.462 e. The highest BCUT2D eigenvalue weighted by Crippen LogP contribution is 1.94. The van der Waals surface area contributed by atoms with Gasteiger partial charge in [-0.25, -0.2) is 0 Å². The number of hydrogen-bond acceptors (Lipinski definition) is 3. The Balaban J connectivity index is 3.34. The van der Waals surface area contributed by atoms with Crippen LogP contribution in [0.3, 0.4) is 0 Å². The molecule has 0 aliphatic carbocycles. The largest absolute Gasteiger partial charge is 0.462 e. The molecule has 9 heavy (non-hydrogen) atoms. The Morgan fingerprint density at radius 3 is 2.67 bits per heavy atom. The Kier molecular flexibility index (Phi) is 4.05. The number of hydrogen-bond donors (Lipinski definition) is 1. The van der Waals surface area contributed by atoms with E-state index in [9.17, 15) is 4.79 Å². The van der Waals surface area contributed by atoms with Gasteiger partial charge in [0.1, 0.15) is 0 Å². The molecule has 0 saturated carbocycles. The zero-order valence-electron chi connectivity index (χ0n) is 5.89. The number of rotatable bonds is 3. The number of carbonyl (C=O) groups excluding carboxylic acids is 1. The highest BCUT2D eigenvalue weighted by Gasteiger charge is 2.03. The zero-order valence-corrected chi connectivity index (χ0v) is 5.89. The fourth-order valence-electron chi connectivity index (χ4n) is 0.356. The molecule has 0 aliphatic rings. The maximum atomic E-state index is 10.4. The molecule has 0 aliphatic heterocycles. The van der Waals surface area contributed by atoms with Crippen molar-refractivity contribution in [3.8, 4) is 0 Å². The average Bonchev–Trinajstić information content (AvgIpc) is 1.87. The normalized spacial score (nSPS) is 12.8. The lowest BCUT2D eigenvalue weighted by molar-refractivity contribution is -0.146. The summed E-state index contributed by atoms with van der Waals surface area (Å²) in [6, 6.07) is 0. The van der Waals surface area contributed by atoms with E-state index in [0.717, 1.165) is 6.42 Å². The SMILES string of the molecule is CC[C@@H](C)OC(=O)CN. The van der Waals surface area contributed by atoms with Crippen molar-refractivity contribution in [2.24, 2.45) is 5.73 Å². The molecule has 0 aromatic heterocycles. The first-order chi connectivity index (χ1) is 4.20. The van der Waals surface area contributed by atoms with E-state index in [1.165, 1.54) is 0 Å². The molecule has 0 spiro atoms. The third-order valence-electron chi connectivity index (χ3n) is 1.07. The van der Waals surface area contributed by atoms with Crippen molar-refractivity contribution < 1.29 is 9.53 Å². The molecule has 0 unspecified atom stereocenters. The Morgan fingerprint density at radius 2 is 2.33 bits per heavy atom. The lowest BCUT2D eigenvalue weighted by Crippen LogP contribution is -2.21. The molecule has 2 N–H and O–H groups in total. The topological polar surface area (TPSA) is 52.3 Å². The number of carbonyl (C=O) groups is 1. The quantitative estimate of drug-likeness (QED) is 0.560. The average molecular weight is 131 g/mol. The summed E-state index contributed by atoms with van der Waals surface area (Å²) in [5, 5.41) is 0. The van der Waals surface area contributed by atoms with Crippen LogP contribution in [-0.4, -0.2) is 18.6 Å². The van der Waals surface area contributed by atoms with Gasteiger partial charge in [0.25, 0.3) is 0 Å². The maximum Gasteiger partial charge on any atom is 0.319 e. The van der Waals surface area contributed by atoms with Gasteiger partial charge in [0.2, 0.25) is 0 Å². The van der Waals surface area contributed by atoms with Crippen molar-refractivity contribution in [3.05, 3.63) is 0 Å². The van der Waals surface area contributed by atoms with Crippen LogP contribution in [-0.2, 0) is 9.53 Å². The van der Waals surface area contributed by atoms with Crippen LogP contribution in [0.25, 0.3) is 0 Å². The summed E-state index contributed by atoms with van der Waals surface area (Å²) in [5.41, 5.74) is 5.00. The molecule has 0 bridgehead atoms. The molecule has 3 nitrogen and oxygen atoms in total. The van der Waals surface area contributed by atoms with E-state index in [0.29, 0.717) is 0 Å². The first-order valence-corrected chi connectivity index (χ1v) is 3.10. The summed E-state index contributed by atoms with van der Waals surface area (Å²) >= 11 is 0. The summed E-state index contributed by atoms with van der Waals surface area (Å²) in [7, 11) is 0. The van der Waals surface area contributed by atoms with E-state index in [2.05, 4.69) is 0 Å². The van der Waals surface area contributed by atoms with E-state index in [1.54, 1.807) is 0 Å². The van der Waals surface area contributed by atoms with Crippen molar-refractivity contribution in [3.63, 3.8) is 0 Å². The van der Waals surface area contributed by atoms with Crippen LogP contribution in [0.2, 0.25) is 0 Å². The molecule has 3 heteroatoms. The van der Waals surface area contributed by atoms with Gasteiger partial charge in [-0.2, -0.15) is 0 Å². The highest BCUT2D eigenvalue weighted by molar-refractivity contribution is 5.71. The van der Waals surface area contributed by atoms with Crippen LogP contribution in [0.4, 0.5) is 0 Å². The summed E-state index contributed by atoms with van der Waals surface area (Å²) in [5.74, 6) is -0.329. The predicted octanol–water partition coefficient (Wildman–Crippen LogP) is 0.287. The maximum absolute atomic E-state index is 10.4. The molecule has 0 aromatic rings. The second-order valence-corrected chi connectivity index (χ2v) is 1.91. The Bertz CT molecular complexity index is 93.1. The highest BCUT2D eigenvalue weighted by atomic mass is 16.5. The minimum atomic E-state index is -0.329. The number of esters is 1. The van der Waals surface area contributed by atoms with Crippen molar-refractivity contribution in [2.75, 3.05) is 6.54 Å². The molecule has 0 aromatic carbocycles. The summed E-state index contributed by atoms with van der Waals surface area (Å²) in [4.78, 5) is 10.4. The van der Waals surface area contributed by atoms with Crippen molar-refractivity contribution in [1.29, 1.82) is 0 Å². The fourth-order valence-corrected chi connectivity index (χ4v) is 0.356. The standard InChI is InChI=1S/C6H13NO2/c1-3-5(2)9-6(8)4-7/h5H,3-4,7H2,1-2H3/t5-/m1/s1. The lowest BCUT2D eigenvalue weighted by atomic mass is 10.3. The summed E-state index contributed by atoms with van der Waals surface area (Å²) in [6.45, 7) is 3.77. The lowest BCUT2D eigenvalue weighted by Gasteiger charge is -2.08. The second-order valence-electron chi connectivity index (χ2n) is 1.91. The van der Waals surface area contributed by atoms with Crippen molar-refractivity contribution in [1.82, 2.24) is 0 Å². The van der Waals surface area contributed by atoms with E-state index in [1.807, 2.05) is 13.8 Å². The van der Waals surface area contributed by atoms with Gasteiger partial charge < -0.3 is 10.5 Å². The van der Waals surface area contributed by atoms with Crippen LogP contribution >= 0.6 is 0 Å². The first kappa shape index (κ1) is 8.43. The molecule has 1 atom stereocenters. The zero-order chi connectivity index (χ0) is 7.28. The van der Waals surface area contributed by atoms with Gasteiger partial charge in [0.05, 0.1) is 12.6 Å². The van der Waals surface area contributed by atoms with E-state index >= 15 is 0 Å². The molecule has 54 valence electrons. The monoisotopic (exact) mass is 131 g/mol. The van der Waals surface area contributed by atoms with Crippen LogP contribution in [0, 0.1) is 0 Å². The van der Waals surface area contributed by atoms with Crippen molar-refractivity contribution >= 4 is 5.97 Å². The molecule has 0 amide bonds. The van der Waals surface area contributed by atoms with E-state index < -0.39 is 0 Å². The predicted molar refractivity (Wildman–Crippen MR) is 34.9 cm³/mol. The molecule has 0 saturated heterocycles. The van der Waals surface area contributed by atoms with Gasteiger partial charge in [0.15, 0.2) is 0 Å². The molecule has 0 heterocycles. The number of nitrogens with two attached hydrogens (primary N) is 1. The summed E-state index contributed by atoms with van der Waals surface area (Å²) in [6.07, 6.45) is 0.840. The van der Waals surface area contributed by atoms with Gasteiger partial charge in [-0.1, -0.05) is 6.92 Å². The third kappa shape index (κ3) is 3.97. The number of ether oxygens (including phenoxy) is 1. The van der Waals surface area contributed by atoms with Crippen molar-refractivity contribution in [2.45, 2.75) is 26.4 Å². The van der Waals surface area contributed by atoms with Crippen LogP contribution in [0.15, 0.2) is 0 Å². The molecule has 0 radical (unpaired) electrons. The molecular weight excluding hydrogens is 118 g/mol. The van der Waals surface area contributed by atoms with Gasteiger partial charge in [0, 0.05) is 0 Å². The van der Waals surface area contributed by atoms with Crippen LogP contribution in [0.5, 0.6) is 0 Å². The third-order valence-corrected chi connectivity index (χ3v) is 1.07. The van der Waals surface area contributed by atoms with Gasteiger partial charge in [-0.3, -0.25) is 4.79 Å². The van der Waals surface area contributed by atoms with E-state index in [-0.39, 0.29) is 18.6 Å². The Labute approximate surface area is 55.2 Å². The smallest absolute Gasteiger partial charge is 0.319 e. The Hall–Kier alpha value is -0.570. The van der Waals surface area contributed by atoms with Gasteiger partial charge in [-0.15, -0.1) is 0 Å². The minimum absolute atomic E-state index is 0.000972. The fraction of sp³-hybridized carbons (Fsp3) is 0.833. The molecule has 0 fully saturated rings. The second kappa shape index (κ2) is 4.32. The van der Waals surface area contributed by atoms with Crippen LogP contribution in [0.1, 0.15) is 20.3 Å². The molecule has 0 rings (SSSR count). The first-order valence-electron chi connectivity index (χ1n) is 3.10. The Morgan fingerprint density at radius 1 is 1.78 bits per heavy atom.